The van der Waals surface area contributed by atoms with E-state index in [9.17, 15) is 121 Å². The van der Waals surface area contributed by atoms with Gasteiger partial charge in [0.2, 0.25) is 17.7 Å². The van der Waals surface area contributed by atoms with Crippen molar-refractivity contribution in [1.29, 1.82) is 0 Å². The van der Waals surface area contributed by atoms with Gasteiger partial charge in [-0.1, -0.05) is 167 Å². The van der Waals surface area contributed by atoms with Gasteiger partial charge < -0.3 is 175 Å². The SMILES string of the molecule is CCCCCCCCCCCCC/C=C/[C@@H](O)[C@H](CO[C@@H]1OC(CO)[C@@H](O[C@@H]2OC(CO)[C@H](O[C@@H]3OC(CO)[C@H](O)[C@H](O[C@@H]4OC(CO)[C@H](O)[C@H](O[C@@H]5OC(CO[C@]6(C(=O)O)CC(O)[C@@H](NC(C)=O)C([C@H](O)[C@H](O)CO)O6)[C@H](O)[C@H](O)C5O)C4NC(C)=O)C3O)[C@H](O)C2O)[C@H](O)C1O)NC(=O)CCCCCCCCCCCCCCC. The van der Waals surface area contributed by atoms with E-state index < -0.39 is 272 Å². The van der Waals surface area contributed by atoms with E-state index in [-0.39, 0.29) is 12.3 Å². The largest absolute Gasteiger partial charge is 0.477 e. The van der Waals surface area contributed by atoms with Crippen LogP contribution in [0.3, 0.4) is 0 Å². The Balaban J connectivity index is 1.10. The number of aliphatic hydroxyl groups is 19. The van der Waals surface area contributed by atoms with Crippen LogP contribution in [0, 0.1) is 0 Å². The van der Waals surface area contributed by atoms with Crippen molar-refractivity contribution >= 4 is 23.7 Å². The van der Waals surface area contributed by atoms with Gasteiger partial charge in [-0.15, -0.1) is 0 Å². The van der Waals surface area contributed by atoms with Crippen LogP contribution in [-0.4, -0.2) is 374 Å². The van der Waals surface area contributed by atoms with Crippen molar-refractivity contribution in [2.24, 2.45) is 0 Å². The third kappa shape index (κ3) is 29.6. The minimum atomic E-state index is -3.03. The molecule has 6 heterocycles. The number of unbranched alkanes of at least 4 members (excludes halogenated alkanes) is 23. The van der Waals surface area contributed by atoms with Crippen molar-refractivity contribution in [3.8, 4) is 0 Å². The Kier molecular flexibility index (Phi) is 45.5. The summed E-state index contributed by atoms with van der Waals surface area (Å²) in [6.45, 7) is -0.569. The monoisotopic (exact) mass is 1680 g/mol. The molecule has 6 rings (SSSR count). The number of carbonyl (C=O) groups is 4. The number of amides is 3. The molecule has 6 aliphatic rings. The molecule has 6 saturated heterocycles. The molecule has 0 radical (unpaired) electrons. The van der Waals surface area contributed by atoms with Gasteiger partial charge in [-0.3, -0.25) is 14.4 Å². The summed E-state index contributed by atoms with van der Waals surface area (Å²) in [4.78, 5) is 51.5. The lowest BCUT2D eigenvalue weighted by molar-refractivity contribution is -0.389. The van der Waals surface area contributed by atoms with Crippen LogP contribution in [0.5, 0.6) is 0 Å². The number of aliphatic carboxylic acids is 1. The zero-order chi connectivity index (χ0) is 85.3. The molecule has 23 N–H and O–H groups in total. The quantitative estimate of drug-likeness (QED) is 0.0204. The third-order valence-corrected chi connectivity index (χ3v) is 22.2. The van der Waals surface area contributed by atoms with E-state index in [0.717, 1.165) is 65.2 Å². The molecule has 39 nitrogen and oxygen atoms in total. The summed E-state index contributed by atoms with van der Waals surface area (Å²) in [5, 5.41) is 230. The highest BCUT2D eigenvalue weighted by Gasteiger charge is 2.60. The molecule has 3 amide bonds. The topological polar surface area (TPSA) is 620 Å². The average Bonchev–Trinajstić information content (AvgIpc) is 0.769. The number of aliphatic hydroxyl groups excluding tert-OH is 19. The first kappa shape index (κ1) is 101. The fourth-order valence-corrected chi connectivity index (χ4v) is 15.3. The Bertz CT molecular complexity index is 2800. The molecule has 33 atom stereocenters. The highest BCUT2D eigenvalue weighted by Crippen LogP contribution is 2.39. The Morgan fingerprint density at radius 1 is 0.457 bits per heavy atom. The molecule has 0 saturated carbocycles. The smallest absolute Gasteiger partial charge is 0.364 e. The van der Waals surface area contributed by atoms with E-state index in [1.165, 1.54) is 96.3 Å². The second-order valence-corrected chi connectivity index (χ2v) is 31.4. The molecule has 0 aromatic heterocycles. The summed E-state index contributed by atoms with van der Waals surface area (Å²) in [6, 6.07) is -4.61. The minimum absolute atomic E-state index is 0.169. The zero-order valence-corrected chi connectivity index (χ0v) is 67.1. The summed E-state index contributed by atoms with van der Waals surface area (Å²) in [5.74, 6) is -7.11. The van der Waals surface area contributed by atoms with Gasteiger partial charge in [-0.25, -0.2) is 4.79 Å². The molecular formula is C77H137N3O36. The maximum atomic E-state index is 13.5. The van der Waals surface area contributed by atoms with E-state index in [1.54, 1.807) is 6.08 Å². The molecule has 0 aromatic rings. The fourth-order valence-electron chi connectivity index (χ4n) is 15.3. The van der Waals surface area contributed by atoms with Crippen LogP contribution < -0.4 is 16.0 Å². The molecule has 12 unspecified atom stereocenters. The second-order valence-electron chi connectivity index (χ2n) is 31.4. The van der Waals surface area contributed by atoms with Crippen LogP contribution in [0.2, 0.25) is 0 Å². The number of hydrogen-bond acceptors (Lipinski definition) is 35. The van der Waals surface area contributed by atoms with Crippen molar-refractivity contribution in [3.05, 3.63) is 12.2 Å². The number of rotatable bonds is 53. The number of ether oxygens (including phenoxy) is 12. The molecule has 0 aliphatic carbocycles. The van der Waals surface area contributed by atoms with Gasteiger partial charge in [0, 0.05) is 26.7 Å². The van der Waals surface area contributed by atoms with E-state index in [1.807, 2.05) is 6.08 Å². The second kappa shape index (κ2) is 52.1. The van der Waals surface area contributed by atoms with Gasteiger partial charge in [0.15, 0.2) is 31.5 Å². The van der Waals surface area contributed by atoms with Crippen molar-refractivity contribution in [2.75, 3.05) is 46.2 Å². The number of carboxylic acid groups (broad SMARTS) is 1. The standard InChI is InChI=1S/C77H137N3O36/c1-5-7-9-11-13-15-17-19-21-23-25-27-29-31-44(88)43(80-52(91)32-30-28-26-24-22-20-18-16-14-12-10-8-6-2)39-105-72-63(100)60(97)66(49(37-84)109-72)112-74-64(101)61(98)67(50(38-85)110-74)113-75-65(102)70(58(95)48(36-83)108-75)115-71-54(79-42(4)87)68(57(94)47(35-82)107-71)114-73-62(99)59(96)56(93)51(111-73)40-106-77(76(103)104)33-45(89)53(78-41(3)86)69(116-77)55(92)46(90)34-81/h29,31,43-51,53-75,81-85,88-90,92-102H,5-28,30,32-40H2,1-4H3,(H,78,86)(H,79,87)(H,80,91)(H,103,104)/b31-29+/t43-,44+,45?,46+,47?,48?,49?,50?,51?,53+,54?,55+,56-,57-,58-,59-,60+,61+,62?,63?,64?,65?,66+,67-,68+,69?,70-,71-,72+,73-,74-,75-,77+/m0/s1. The van der Waals surface area contributed by atoms with Gasteiger partial charge in [0.05, 0.1) is 70.5 Å². The average molecular weight is 1680 g/mol. The van der Waals surface area contributed by atoms with Gasteiger partial charge in [-0.05, 0) is 19.3 Å². The predicted molar refractivity (Wildman–Crippen MR) is 402 cm³/mol. The highest BCUT2D eigenvalue weighted by atomic mass is 16.8. The van der Waals surface area contributed by atoms with Gasteiger partial charge in [0.1, 0.15) is 140 Å². The lowest BCUT2D eigenvalue weighted by Crippen LogP contribution is -2.70. The van der Waals surface area contributed by atoms with E-state index in [0.29, 0.717) is 12.8 Å². The van der Waals surface area contributed by atoms with E-state index in [2.05, 4.69) is 29.8 Å². The van der Waals surface area contributed by atoms with Crippen LogP contribution in [0.15, 0.2) is 12.2 Å². The Morgan fingerprint density at radius 2 is 0.871 bits per heavy atom. The molecule has 6 fully saturated rings. The Hall–Kier alpha value is -3.62. The Morgan fingerprint density at radius 3 is 1.36 bits per heavy atom. The Labute approximate surface area is 676 Å². The van der Waals surface area contributed by atoms with Crippen LogP contribution >= 0.6 is 0 Å². The molecule has 0 spiro atoms. The lowest BCUT2D eigenvalue weighted by Gasteiger charge is -2.50. The van der Waals surface area contributed by atoms with Gasteiger partial charge in [-0.2, -0.15) is 0 Å². The first-order chi connectivity index (χ1) is 55.5. The fraction of sp³-hybridized carbons (Fsp3) is 0.922. The molecular weight excluding hydrogens is 1540 g/mol. The normalized spacial score (nSPS) is 36.9. The number of allylic oxidation sites excluding steroid dienone is 1. The summed E-state index contributed by atoms with van der Waals surface area (Å²) in [7, 11) is 0. The van der Waals surface area contributed by atoms with E-state index >= 15 is 0 Å². The number of carbonyl (C=O) groups excluding carboxylic acids is 3. The third-order valence-electron chi connectivity index (χ3n) is 22.2. The number of hydrogen-bond donors (Lipinski definition) is 23. The first-order valence-electron chi connectivity index (χ1n) is 41.6. The van der Waals surface area contributed by atoms with Crippen molar-refractivity contribution in [2.45, 2.75) is 403 Å². The van der Waals surface area contributed by atoms with E-state index in [4.69, 9.17) is 56.8 Å². The summed E-state index contributed by atoms with van der Waals surface area (Å²) >= 11 is 0. The van der Waals surface area contributed by atoms with Gasteiger partial charge >= 0.3 is 5.97 Å². The van der Waals surface area contributed by atoms with Crippen LogP contribution in [0.4, 0.5) is 0 Å². The maximum Gasteiger partial charge on any atom is 0.364 e. The van der Waals surface area contributed by atoms with Crippen molar-refractivity contribution in [3.63, 3.8) is 0 Å². The lowest BCUT2D eigenvalue weighted by atomic mass is 9.88. The molecule has 39 heteroatoms. The van der Waals surface area contributed by atoms with Gasteiger partial charge in [0.25, 0.3) is 5.79 Å². The number of nitrogens with one attached hydrogen (secondary N) is 3. The maximum absolute atomic E-state index is 13.5. The molecule has 0 bridgehead atoms. The summed E-state index contributed by atoms with van der Waals surface area (Å²) < 4.78 is 70.3. The van der Waals surface area contributed by atoms with Crippen LogP contribution in [-0.2, 0) is 76.0 Å². The number of carboxylic acids is 1. The van der Waals surface area contributed by atoms with Crippen LogP contribution in [0.25, 0.3) is 0 Å². The van der Waals surface area contributed by atoms with Crippen molar-refractivity contribution < 1.29 is 178 Å². The summed E-state index contributed by atoms with van der Waals surface area (Å²) in [6.07, 6.45) is -27.9. The molecule has 676 valence electrons. The predicted octanol–water partition coefficient (Wildman–Crippen LogP) is -4.00. The molecule has 116 heavy (non-hydrogen) atoms. The zero-order valence-electron chi connectivity index (χ0n) is 67.1. The molecule has 6 aliphatic heterocycles. The van der Waals surface area contributed by atoms with Crippen molar-refractivity contribution in [1.82, 2.24) is 16.0 Å². The summed E-state index contributed by atoms with van der Waals surface area (Å²) in [5.41, 5.74) is 0. The highest BCUT2D eigenvalue weighted by molar-refractivity contribution is 5.77. The first-order valence-corrected chi connectivity index (χ1v) is 41.6. The minimum Gasteiger partial charge on any atom is -0.477 e. The van der Waals surface area contributed by atoms with Crippen LogP contribution in [0.1, 0.15) is 201 Å². The molecule has 0 aromatic carbocycles.